The first-order valence-electron chi connectivity index (χ1n) is 4.83. The number of halogens is 6. The van der Waals surface area contributed by atoms with Gasteiger partial charge in [-0.3, -0.25) is 0 Å². The Kier molecular flexibility index (Phi) is 3.07. The first-order chi connectivity index (χ1) is 7.37. The fourth-order valence-corrected chi connectivity index (χ4v) is 2.17. The molecule has 0 radical (unpaired) electrons. The Balaban J connectivity index is 3.39. The summed E-state index contributed by atoms with van der Waals surface area (Å²) < 4.78 is 81.1. The van der Waals surface area contributed by atoms with Crippen LogP contribution in [0.25, 0.3) is 0 Å². The molecule has 0 aromatic rings. The van der Waals surface area contributed by atoms with Crippen molar-refractivity contribution in [1.82, 2.24) is 0 Å². The van der Waals surface area contributed by atoms with Gasteiger partial charge < -0.3 is 4.74 Å². The molecule has 1 aliphatic rings. The van der Waals surface area contributed by atoms with Gasteiger partial charge in [-0.2, -0.15) is 26.3 Å². The van der Waals surface area contributed by atoms with Crippen LogP contribution in [0.3, 0.4) is 0 Å². The Bertz CT molecular complexity index is 300. The van der Waals surface area contributed by atoms with Crippen molar-refractivity contribution in [3.63, 3.8) is 0 Å². The van der Waals surface area contributed by atoms with Crippen molar-refractivity contribution < 1.29 is 31.1 Å². The number of alkyl halides is 6. The summed E-state index contributed by atoms with van der Waals surface area (Å²) in [5.41, 5.74) is -5.64. The minimum absolute atomic E-state index is 0.379. The maximum atomic E-state index is 12.8. The largest absolute Gasteiger partial charge is 0.427 e. The van der Waals surface area contributed by atoms with E-state index >= 15 is 0 Å². The third kappa shape index (κ3) is 2.05. The Morgan fingerprint density at radius 2 is 1.53 bits per heavy atom. The van der Waals surface area contributed by atoms with Gasteiger partial charge in [-0.25, -0.2) is 0 Å². The molecule has 1 heterocycles. The van der Waals surface area contributed by atoms with E-state index in [1.807, 2.05) is 0 Å². The van der Waals surface area contributed by atoms with Gasteiger partial charge in [-0.15, -0.1) is 6.58 Å². The molecule has 1 unspecified atom stereocenters. The van der Waals surface area contributed by atoms with E-state index in [1.165, 1.54) is 13.8 Å². The maximum absolute atomic E-state index is 12.8. The Morgan fingerprint density at radius 3 is 1.76 bits per heavy atom. The molecule has 17 heavy (non-hydrogen) atoms. The zero-order chi connectivity index (χ0) is 13.7. The minimum atomic E-state index is -5.53. The second-order valence-electron chi connectivity index (χ2n) is 4.64. The van der Waals surface area contributed by atoms with E-state index in [9.17, 15) is 26.3 Å². The van der Waals surface area contributed by atoms with Crippen molar-refractivity contribution in [2.24, 2.45) is 5.92 Å². The predicted octanol–water partition coefficient (Wildman–Crippen LogP) is 3.85. The van der Waals surface area contributed by atoms with Gasteiger partial charge in [0.25, 0.3) is 5.60 Å². The number of rotatable bonds is 1. The van der Waals surface area contributed by atoms with E-state index in [0.29, 0.717) is 6.08 Å². The highest BCUT2D eigenvalue weighted by atomic mass is 19.4. The number of hydrogen-bond acceptors (Lipinski definition) is 1. The highest BCUT2D eigenvalue weighted by Gasteiger charge is 2.79. The Hall–Kier alpha value is -0.720. The molecule has 0 aromatic carbocycles. The second-order valence-corrected chi connectivity index (χ2v) is 4.64. The van der Waals surface area contributed by atoms with Gasteiger partial charge in [0, 0.05) is 5.92 Å². The van der Waals surface area contributed by atoms with Gasteiger partial charge in [0.15, 0.2) is 0 Å². The van der Waals surface area contributed by atoms with Crippen molar-refractivity contribution in [3.8, 4) is 0 Å². The fourth-order valence-electron chi connectivity index (χ4n) is 2.17. The highest BCUT2D eigenvalue weighted by molar-refractivity contribution is 5.13. The monoisotopic (exact) mass is 262 g/mol. The summed E-state index contributed by atoms with van der Waals surface area (Å²) in [6, 6.07) is 0. The van der Waals surface area contributed by atoms with Crippen molar-refractivity contribution >= 4 is 0 Å². The zero-order valence-corrected chi connectivity index (χ0v) is 9.24. The summed E-state index contributed by atoms with van der Waals surface area (Å²) in [4.78, 5) is 0. The lowest BCUT2D eigenvalue weighted by molar-refractivity contribution is -0.388. The van der Waals surface area contributed by atoms with Gasteiger partial charge in [0.1, 0.15) is 0 Å². The molecule has 0 bridgehead atoms. The smallest absolute Gasteiger partial charge is 0.351 e. The average molecular weight is 262 g/mol. The molecular weight excluding hydrogens is 250 g/mol. The van der Waals surface area contributed by atoms with Gasteiger partial charge >= 0.3 is 12.4 Å². The van der Waals surface area contributed by atoms with E-state index in [1.54, 1.807) is 0 Å². The lowest BCUT2D eigenvalue weighted by atomic mass is 9.83. The lowest BCUT2D eigenvalue weighted by Crippen LogP contribution is -2.60. The molecule has 1 nitrogen and oxygen atoms in total. The summed E-state index contributed by atoms with van der Waals surface area (Å²) in [7, 11) is 0. The molecule has 100 valence electrons. The van der Waals surface area contributed by atoms with Gasteiger partial charge in [0.2, 0.25) is 0 Å². The third-order valence-electron chi connectivity index (χ3n) is 2.80. The fraction of sp³-hybridized carbons (Fsp3) is 0.800. The average Bonchev–Trinajstić information content (AvgIpc) is 2.35. The van der Waals surface area contributed by atoms with Crippen LogP contribution < -0.4 is 0 Å². The first-order valence-corrected chi connectivity index (χ1v) is 4.83. The third-order valence-corrected chi connectivity index (χ3v) is 2.80. The van der Waals surface area contributed by atoms with E-state index in [2.05, 4.69) is 11.3 Å². The summed E-state index contributed by atoms with van der Waals surface area (Å²) >= 11 is 0. The van der Waals surface area contributed by atoms with Gasteiger partial charge in [-0.05, 0) is 20.3 Å². The molecule has 0 amide bonds. The molecule has 0 N–H and O–H groups in total. The molecule has 0 aromatic heterocycles. The SMILES string of the molecule is C=CC1CC(C)(C)OC1(C(F)(F)F)C(F)(F)F. The first kappa shape index (κ1) is 14.3. The molecule has 1 rings (SSSR count). The van der Waals surface area contributed by atoms with Crippen LogP contribution in [-0.2, 0) is 4.74 Å². The molecule has 1 saturated heterocycles. The highest BCUT2D eigenvalue weighted by Crippen LogP contribution is 2.58. The van der Waals surface area contributed by atoms with E-state index in [4.69, 9.17) is 0 Å². The zero-order valence-electron chi connectivity index (χ0n) is 9.24. The summed E-state index contributed by atoms with van der Waals surface area (Å²) in [6.07, 6.45) is -10.8. The van der Waals surface area contributed by atoms with Crippen LogP contribution >= 0.6 is 0 Å². The van der Waals surface area contributed by atoms with Crippen molar-refractivity contribution in [1.29, 1.82) is 0 Å². The van der Waals surface area contributed by atoms with Gasteiger partial charge in [-0.1, -0.05) is 6.08 Å². The minimum Gasteiger partial charge on any atom is -0.351 e. The molecule has 0 spiro atoms. The van der Waals surface area contributed by atoms with Crippen LogP contribution in [0, 0.1) is 5.92 Å². The molecule has 1 fully saturated rings. The van der Waals surface area contributed by atoms with Crippen LogP contribution in [0.1, 0.15) is 20.3 Å². The van der Waals surface area contributed by atoms with Gasteiger partial charge in [0.05, 0.1) is 5.60 Å². The maximum Gasteiger partial charge on any atom is 0.427 e. The molecule has 1 atom stereocenters. The quantitative estimate of drug-likeness (QED) is 0.515. The van der Waals surface area contributed by atoms with Crippen LogP contribution in [0.5, 0.6) is 0 Å². The Labute approximate surface area is 94.4 Å². The summed E-state index contributed by atoms with van der Waals surface area (Å²) in [5, 5.41) is 0. The van der Waals surface area contributed by atoms with Crippen molar-refractivity contribution in [3.05, 3.63) is 12.7 Å². The standard InChI is InChI=1S/C10H12F6O/c1-4-6-5-7(2,3)17-8(6,9(11,12)13)10(14,15)16/h4,6H,1,5H2,2-3H3. The van der Waals surface area contributed by atoms with Crippen molar-refractivity contribution in [2.75, 3.05) is 0 Å². The predicted molar refractivity (Wildman–Crippen MR) is 48.3 cm³/mol. The molecule has 0 aliphatic carbocycles. The van der Waals surface area contributed by atoms with Crippen LogP contribution in [0.2, 0.25) is 0 Å². The lowest BCUT2D eigenvalue weighted by Gasteiger charge is -2.37. The normalized spacial score (nSPS) is 28.1. The molecule has 1 aliphatic heterocycles. The van der Waals surface area contributed by atoms with E-state index < -0.39 is 29.5 Å². The number of hydrogen-bond donors (Lipinski definition) is 0. The molecule has 0 saturated carbocycles. The topological polar surface area (TPSA) is 9.23 Å². The molecule has 7 heteroatoms. The van der Waals surface area contributed by atoms with Crippen LogP contribution in [-0.4, -0.2) is 23.6 Å². The summed E-state index contributed by atoms with van der Waals surface area (Å²) in [5.74, 6) is -1.84. The van der Waals surface area contributed by atoms with E-state index in [0.717, 1.165) is 0 Å². The second kappa shape index (κ2) is 3.63. The van der Waals surface area contributed by atoms with Crippen molar-refractivity contribution in [2.45, 2.75) is 43.8 Å². The molecular formula is C10H12F6O. The Morgan fingerprint density at radius 1 is 1.12 bits per heavy atom. The van der Waals surface area contributed by atoms with E-state index in [-0.39, 0.29) is 6.42 Å². The number of ether oxygens (including phenoxy) is 1. The van der Waals surface area contributed by atoms with Crippen LogP contribution in [0.15, 0.2) is 12.7 Å². The van der Waals surface area contributed by atoms with Crippen LogP contribution in [0.4, 0.5) is 26.3 Å². The summed E-state index contributed by atoms with van der Waals surface area (Å²) in [6.45, 7) is 5.44.